The lowest BCUT2D eigenvalue weighted by molar-refractivity contribution is -0.108. The van der Waals surface area contributed by atoms with Crippen LogP contribution in [0.15, 0.2) is 48.5 Å². The van der Waals surface area contributed by atoms with E-state index in [9.17, 15) is 4.79 Å². The number of nitrogens with one attached hydrogen (secondary N) is 1. The predicted octanol–water partition coefficient (Wildman–Crippen LogP) is 5.32. The minimum atomic E-state index is 0.0209. The number of ether oxygens (including phenoxy) is 1. The van der Waals surface area contributed by atoms with E-state index in [0.29, 0.717) is 12.3 Å². The average molecular weight is 490 g/mol. The predicted molar refractivity (Wildman–Crippen MR) is 141 cm³/mol. The number of benzene rings is 2. The third-order valence-electron chi connectivity index (χ3n) is 7.56. The van der Waals surface area contributed by atoms with Gasteiger partial charge < -0.3 is 14.8 Å². The first-order chi connectivity index (χ1) is 17.1. The summed E-state index contributed by atoms with van der Waals surface area (Å²) in [6.45, 7) is 2.56. The zero-order chi connectivity index (χ0) is 24.4. The number of aldehydes is 1. The Hall–Kier alpha value is -2.73. The van der Waals surface area contributed by atoms with E-state index in [1.807, 2.05) is 19.2 Å². The first-order valence-electron chi connectivity index (χ1n) is 12.4. The molecule has 1 fully saturated rings. The molecule has 182 valence electrons. The van der Waals surface area contributed by atoms with E-state index in [0.717, 1.165) is 72.6 Å². The van der Waals surface area contributed by atoms with Gasteiger partial charge in [0.2, 0.25) is 5.88 Å². The van der Waals surface area contributed by atoms with Gasteiger partial charge in [-0.05, 0) is 55.5 Å². The summed E-state index contributed by atoms with van der Waals surface area (Å²) in [7, 11) is 3.64. The Morgan fingerprint density at radius 1 is 1.09 bits per heavy atom. The van der Waals surface area contributed by atoms with Crippen LogP contribution in [0, 0.1) is 0 Å². The molecular formula is C29H32ClN3O2. The number of halogens is 1. The molecular weight excluding hydrogens is 458 g/mol. The SMILES string of the molecule is CNC1(CCC=O)CN(Cc2ccc(-c3cccc(-c4cccc5c4CCC5)c3Cl)nc2OC)C1. The molecule has 0 bridgehead atoms. The van der Waals surface area contributed by atoms with Gasteiger partial charge in [0.05, 0.1) is 17.8 Å². The monoisotopic (exact) mass is 489 g/mol. The van der Waals surface area contributed by atoms with E-state index in [1.54, 1.807) is 7.11 Å². The van der Waals surface area contributed by atoms with Crippen LogP contribution in [0.1, 0.15) is 36.0 Å². The Bertz CT molecular complexity index is 1240. The van der Waals surface area contributed by atoms with Crippen molar-refractivity contribution in [1.82, 2.24) is 15.2 Å². The van der Waals surface area contributed by atoms with Crippen LogP contribution in [0.2, 0.25) is 5.02 Å². The largest absolute Gasteiger partial charge is 0.481 e. The van der Waals surface area contributed by atoms with E-state index in [1.165, 1.54) is 23.1 Å². The summed E-state index contributed by atoms with van der Waals surface area (Å²) in [6.07, 6.45) is 5.89. The van der Waals surface area contributed by atoms with Crippen molar-refractivity contribution in [3.63, 3.8) is 0 Å². The Balaban J connectivity index is 1.39. The highest BCUT2D eigenvalue weighted by Gasteiger charge is 2.41. The van der Waals surface area contributed by atoms with Gasteiger partial charge in [-0.1, -0.05) is 54.1 Å². The summed E-state index contributed by atoms with van der Waals surface area (Å²) >= 11 is 7.00. The maximum absolute atomic E-state index is 10.8. The molecule has 2 aliphatic rings. The Morgan fingerprint density at radius 3 is 2.63 bits per heavy atom. The highest BCUT2D eigenvalue weighted by Crippen LogP contribution is 2.40. The summed E-state index contributed by atoms with van der Waals surface area (Å²) < 4.78 is 5.69. The number of nitrogens with zero attached hydrogens (tertiary/aromatic N) is 2. The number of hydrogen-bond donors (Lipinski definition) is 1. The van der Waals surface area contributed by atoms with Crippen LogP contribution in [-0.2, 0) is 24.2 Å². The lowest BCUT2D eigenvalue weighted by Gasteiger charge is -2.50. The van der Waals surface area contributed by atoms with Crippen molar-refractivity contribution in [3.05, 3.63) is 70.2 Å². The van der Waals surface area contributed by atoms with Gasteiger partial charge in [-0.25, -0.2) is 4.98 Å². The highest BCUT2D eigenvalue weighted by molar-refractivity contribution is 6.36. The quantitative estimate of drug-likeness (QED) is 0.412. The van der Waals surface area contributed by atoms with Gasteiger partial charge in [0.1, 0.15) is 6.29 Å². The number of methoxy groups -OCH3 is 1. The molecule has 2 heterocycles. The van der Waals surface area contributed by atoms with Crippen molar-refractivity contribution < 1.29 is 9.53 Å². The summed E-state index contributed by atoms with van der Waals surface area (Å²) in [5.41, 5.74) is 7.95. The van der Waals surface area contributed by atoms with E-state index in [-0.39, 0.29) is 5.54 Å². The lowest BCUT2D eigenvalue weighted by Crippen LogP contribution is -2.67. The highest BCUT2D eigenvalue weighted by atomic mass is 35.5. The number of pyridine rings is 1. The second-order valence-electron chi connectivity index (χ2n) is 9.71. The summed E-state index contributed by atoms with van der Waals surface area (Å²) in [4.78, 5) is 18.0. The summed E-state index contributed by atoms with van der Waals surface area (Å²) in [5.74, 6) is 0.624. The maximum Gasteiger partial charge on any atom is 0.218 e. The first-order valence-corrected chi connectivity index (χ1v) is 12.7. The van der Waals surface area contributed by atoms with Crippen molar-refractivity contribution in [1.29, 1.82) is 0 Å². The molecule has 5 rings (SSSR count). The van der Waals surface area contributed by atoms with Gasteiger partial charge in [0.15, 0.2) is 0 Å². The Kier molecular flexibility index (Phi) is 6.92. The summed E-state index contributed by atoms with van der Waals surface area (Å²) in [6, 6.07) is 16.9. The molecule has 0 saturated carbocycles. The third kappa shape index (κ3) is 4.61. The number of hydrogen-bond acceptors (Lipinski definition) is 5. The molecule has 3 aromatic rings. The van der Waals surface area contributed by atoms with Crippen molar-refractivity contribution in [3.8, 4) is 28.3 Å². The second kappa shape index (κ2) is 10.1. The lowest BCUT2D eigenvalue weighted by atomic mass is 9.85. The number of fused-ring (bicyclic) bond motifs is 1. The Morgan fingerprint density at radius 2 is 1.86 bits per heavy atom. The number of aryl methyl sites for hydroxylation is 1. The molecule has 0 atom stereocenters. The Labute approximate surface area is 212 Å². The molecule has 0 unspecified atom stereocenters. The molecule has 1 saturated heterocycles. The third-order valence-corrected chi connectivity index (χ3v) is 7.97. The minimum absolute atomic E-state index is 0.0209. The van der Waals surface area contributed by atoms with Crippen LogP contribution in [0.4, 0.5) is 0 Å². The van der Waals surface area contributed by atoms with Crippen LogP contribution in [-0.4, -0.2) is 49.0 Å². The molecule has 6 heteroatoms. The van der Waals surface area contributed by atoms with Gasteiger partial charge in [0, 0.05) is 48.3 Å². The van der Waals surface area contributed by atoms with E-state index in [4.69, 9.17) is 21.3 Å². The van der Waals surface area contributed by atoms with Gasteiger partial charge >= 0.3 is 0 Å². The fourth-order valence-corrected chi connectivity index (χ4v) is 5.99. The molecule has 5 nitrogen and oxygen atoms in total. The molecule has 1 aliphatic heterocycles. The first kappa shape index (κ1) is 24.0. The number of carbonyl (C=O) groups excluding carboxylic acids is 1. The van der Waals surface area contributed by atoms with Crippen LogP contribution >= 0.6 is 11.6 Å². The van der Waals surface area contributed by atoms with Gasteiger partial charge in [-0.3, -0.25) is 4.90 Å². The molecule has 0 amide bonds. The molecule has 2 aromatic carbocycles. The summed E-state index contributed by atoms with van der Waals surface area (Å²) in [5, 5.41) is 4.13. The van der Waals surface area contributed by atoms with E-state index >= 15 is 0 Å². The van der Waals surface area contributed by atoms with Crippen molar-refractivity contribution in [2.45, 2.75) is 44.2 Å². The maximum atomic E-state index is 10.8. The van der Waals surface area contributed by atoms with Crippen molar-refractivity contribution >= 4 is 17.9 Å². The fraction of sp³-hybridized carbons (Fsp3) is 0.379. The van der Waals surface area contributed by atoms with E-state index in [2.05, 4.69) is 46.6 Å². The van der Waals surface area contributed by atoms with E-state index < -0.39 is 0 Å². The second-order valence-corrected chi connectivity index (χ2v) is 10.1. The molecule has 0 radical (unpaired) electrons. The fourth-order valence-electron chi connectivity index (χ4n) is 5.67. The van der Waals surface area contributed by atoms with Gasteiger partial charge in [-0.15, -0.1) is 0 Å². The number of aromatic nitrogens is 1. The number of carbonyl (C=O) groups is 1. The van der Waals surface area contributed by atoms with Crippen molar-refractivity contribution in [2.24, 2.45) is 0 Å². The molecule has 1 aromatic heterocycles. The van der Waals surface area contributed by atoms with Crippen LogP contribution < -0.4 is 10.1 Å². The van der Waals surface area contributed by atoms with Crippen LogP contribution in [0.25, 0.3) is 22.4 Å². The smallest absolute Gasteiger partial charge is 0.218 e. The van der Waals surface area contributed by atoms with Crippen LogP contribution in [0.3, 0.4) is 0 Å². The standard InChI is InChI=1S/C29H32ClN3O2/c1-31-29(15-6-16-34)18-33(19-29)17-21-13-14-26(32-28(21)35-2)25-12-5-11-24(27(25)30)23-10-4-8-20-7-3-9-22(20)23/h4-5,8,10-14,16,31H,3,6-7,9,15,17-19H2,1-2H3. The molecule has 1 aliphatic carbocycles. The zero-order valence-corrected chi connectivity index (χ0v) is 21.2. The molecule has 35 heavy (non-hydrogen) atoms. The number of likely N-dealkylation sites (tertiary alicyclic amines) is 1. The van der Waals surface area contributed by atoms with Crippen molar-refractivity contribution in [2.75, 3.05) is 27.2 Å². The number of likely N-dealkylation sites (N-methyl/N-ethyl adjacent to an activating group) is 1. The average Bonchev–Trinajstić information content (AvgIpc) is 3.35. The van der Waals surface area contributed by atoms with Gasteiger partial charge in [-0.2, -0.15) is 0 Å². The normalized spacial score (nSPS) is 16.5. The topological polar surface area (TPSA) is 54.5 Å². The van der Waals surface area contributed by atoms with Gasteiger partial charge in [0.25, 0.3) is 0 Å². The molecule has 0 spiro atoms. The molecule has 1 N–H and O–H groups in total. The van der Waals surface area contributed by atoms with Crippen LogP contribution in [0.5, 0.6) is 5.88 Å². The number of rotatable bonds is 9. The zero-order valence-electron chi connectivity index (χ0n) is 20.4. The minimum Gasteiger partial charge on any atom is -0.481 e.